The van der Waals surface area contributed by atoms with E-state index in [0.717, 1.165) is 16.3 Å². The van der Waals surface area contributed by atoms with Gasteiger partial charge in [-0.15, -0.1) is 11.3 Å². The van der Waals surface area contributed by atoms with Crippen molar-refractivity contribution in [3.05, 3.63) is 83.3 Å². The fourth-order valence-electron chi connectivity index (χ4n) is 2.88. The SMILES string of the molecule is CC(C)c1ccc(-c2nc(C(=O)Nc3ccn(Cc4ccccn4)n3)cs2)cc1. The van der Waals surface area contributed by atoms with Crippen molar-refractivity contribution in [2.75, 3.05) is 5.32 Å². The number of hydrogen-bond acceptors (Lipinski definition) is 5. The summed E-state index contributed by atoms with van der Waals surface area (Å²) < 4.78 is 1.74. The van der Waals surface area contributed by atoms with Gasteiger partial charge in [0.05, 0.1) is 12.2 Å². The second kappa shape index (κ2) is 8.36. The number of carbonyl (C=O) groups excluding carboxylic acids is 1. The molecule has 0 saturated carbocycles. The van der Waals surface area contributed by atoms with E-state index in [1.807, 2.05) is 24.4 Å². The maximum absolute atomic E-state index is 12.5. The molecule has 0 fully saturated rings. The van der Waals surface area contributed by atoms with Crippen LogP contribution < -0.4 is 5.32 Å². The van der Waals surface area contributed by atoms with Crippen LogP contribution in [0, 0.1) is 0 Å². The monoisotopic (exact) mass is 403 g/mol. The molecule has 0 aliphatic heterocycles. The molecule has 0 atom stereocenters. The highest BCUT2D eigenvalue weighted by molar-refractivity contribution is 7.13. The Labute approximate surface area is 173 Å². The zero-order valence-electron chi connectivity index (χ0n) is 16.2. The van der Waals surface area contributed by atoms with E-state index in [9.17, 15) is 4.79 Å². The zero-order chi connectivity index (χ0) is 20.2. The molecule has 0 aliphatic carbocycles. The van der Waals surface area contributed by atoms with Gasteiger partial charge in [-0.25, -0.2) is 4.98 Å². The molecule has 146 valence electrons. The Hall–Kier alpha value is -3.32. The lowest BCUT2D eigenvalue weighted by Gasteiger charge is -2.05. The topological polar surface area (TPSA) is 72.7 Å². The summed E-state index contributed by atoms with van der Waals surface area (Å²) >= 11 is 1.46. The fraction of sp³-hybridized carbons (Fsp3) is 0.182. The van der Waals surface area contributed by atoms with Crippen molar-refractivity contribution in [1.29, 1.82) is 0 Å². The maximum Gasteiger partial charge on any atom is 0.276 e. The molecule has 1 amide bonds. The van der Waals surface area contributed by atoms with E-state index in [2.05, 4.69) is 58.5 Å². The van der Waals surface area contributed by atoms with Gasteiger partial charge in [0.25, 0.3) is 5.91 Å². The minimum atomic E-state index is -0.269. The van der Waals surface area contributed by atoms with Crippen molar-refractivity contribution in [2.45, 2.75) is 26.3 Å². The Morgan fingerprint density at radius 1 is 1.14 bits per heavy atom. The van der Waals surface area contributed by atoms with Crippen molar-refractivity contribution < 1.29 is 4.79 Å². The average Bonchev–Trinajstić information content (AvgIpc) is 3.39. The quantitative estimate of drug-likeness (QED) is 0.501. The molecule has 0 bridgehead atoms. The third-order valence-electron chi connectivity index (χ3n) is 4.49. The van der Waals surface area contributed by atoms with Gasteiger partial charge in [-0.3, -0.25) is 14.5 Å². The van der Waals surface area contributed by atoms with E-state index in [1.54, 1.807) is 22.3 Å². The van der Waals surface area contributed by atoms with Crippen LogP contribution in [0.4, 0.5) is 5.82 Å². The highest BCUT2D eigenvalue weighted by atomic mass is 32.1. The molecular formula is C22H21N5OS. The Kier molecular flexibility index (Phi) is 5.48. The van der Waals surface area contributed by atoms with Crippen LogP contribution in [0.25, 0.3) is 10.6 Å². The summed E-state index contributed by atoms with van der Waals surface area (Å²) in [6, 6.07) is 15.8. The average molecular weight is 404 g/mol. The molecule has 0 radical (unpaired) electrons. The first-order valence-corrected chi connectivity index (χ1v) is 10.3. The summed E-state index contributed by atoms with van der Waals surface area (Å²) in [5, 5.41) is 9.78. The van der Waals surface area contributed by atoms with Crippen molar-refractivity contribution in [2.24, 2.45) is 0 Å². The number of nitrogens with zero attached hydrogens (tertiary/aromatic N) is 4. The zero-order valence-corrected chi connectivity index (χ0v) is 17.1. The van der Waals surface area contributed by atoms with E-state index >= 15 is 0 Å². The van der Waals surface area contributed by atoms with Crippen LogP contribution in [0.2, 0.25) is 0 Å². The van der Waals surface area contributed by atoms with Crippen molar-refractivity contribution in [3.63, 3.8) is 0 Å². The van der Waals surface area contributed by atoms with Gasteiger partial charge in [-0.1, -0.05) is 44.2 Å². The molecule has 1 aromatic carbocycles. The molecule has 0 aliphatic rings. The summed E-state index contributed by atoms with van der Waals surface area (Å²) in [6.45, 7) is 4.88. The molecule has 3 heterocycles. The molecule has 0 unspecified atom stereocenters. The van der Waals surface area contributed by atoms with Gasteiger partial charge in [0, 0.05) is 29.4 Å². The van der Waals surface area contributed by atoms with E-state index in [0.29, 0.717) is 24.0 Å². The normalized spacial score (nSPS) is 11.0. The highest BCUT2D eigenvalue weighted by Crippen LogP contribution is 2.26. The Balaban J connectivity index is 1.42. The Morgan fingerprint density at radius 3 is 2.69 bits per heavy atom. The minimum absolute atomic E-state index is 0.269. The number of thiazole rings is 1. The van der Waals surface area contributed by atoms with E-state index in [4.69, 9.17) is 0 Å². The number of hydrogen-bond donors (Lipinski definition) is 1. The number of aromatic nitrogens is 4. The van der Waals surface area contributed by atoms with Crippen LogP contribution >= 0.6 is 11.3 Å². The summed E-state index contributed by atoms with van der Waals surface area (Å²) in [4.78, 5) is 21.3. The van der Waals surface area contributed by atoms with E-state index < -0.39 is 0 Å². The third-order valence-corrected chi connectivity index (χ3v) is 5.38. The van der Waals surface area contributed by atoms with Crippen LogP contribution in [0.15, 0.2) is 66.3 Å². The smallest absolute Gasteiger partial charge is 0.276 e. The molecule has 4 aromatic rings. The summed E-state index contributed by atoms with van der Waals surface area (Å²) in [5.74, 6) is 0.704. The first kappa shape index (κ1) is 19.0. The number of pyridine rings is 1. The number of rotatable bonds is 6. The molecule has 0 spiro atoms. The predicted octanol–water partition coefficient (Wildman–Crippen LogP) is 4.83. The number of amides is 1. The van der Waals surface area contributed by atoms with Crippen molar-refractivity contribution >= 4 is 23.1 Å². The lowest BCUT2D eigenvalue weighted by molar-refractivity contribution is 0.102. The molecule has 0 saturated heterocycles. The Morgan fingerprint density at radius 2 is 1.97 bits per heavy atom. The minimum Gasteiger partial charge on any atom is -0.304 e. The van der Waals surface area contributed by atoms with Crippen LogP contribution in [0.1, 0.15) is 41.5 Å². The summed E-state index contributed by atoms with van der Waals surface area (Å²) in [5.41, 5.74) is 3.58. The highest BCUT2D eigenvalue weighted by Gasteiger charge is 2.14. The first-order chi connectivity index (χ1) is 14.1. The fourth-order valence-corrected chi connectivity index (χ4v) is 3.68. The van der Waals surface area contributed by atoms with Crippen LogP contribution in [0.5, 0.6) is 0 Å². The third kappa shape index (κ3) is 4.57. The summed E-state index contributed by atoms with van der Waals surface area (Å²) in [7, 11) is 0. The van der Waals surface area contributed by atoms with Gasteiger partial charge in [-0.05, 0) is 23.6 Å². The second-order valence-electron chi connectivity index (χ2n) is 6.99. The van der Waals surface area contributed by atoms with Crippen LogP contribution in [-0.4, -0.2) is 25.7 Å². The van der Waals surface area contributed by atoms with Crippen LogP contribution in [-0.2, 0) is 6.54 Å². The number of nitrogens with one attached hydrogen (secondary N) is 1. The molecular weight excluding hydrogens is 382 g/mol. The van der Waals surface area contributed by atoms with Crippen LogP contribution in [0.3, 0.4) is 0 Å². The first-order valence-electron chi connectivity index (χ1n) is 9.39. The van der Waals surface area contributed by atoms with Gasteiger partial charge in [0.15, 0.2) is 5.82 Å². The molecule has 6 nitrogen and oxygen atoms in total. The van der Waals surface area contributed by atoms with Gasteiger partial charge in [-0.2, -0.15) is 5.10 Å². The molecule has 7 heteroatoms. The van der Waals surface area contributed by atoms with Gasteiger partial charge >= 0.3 is 0 Å². The lowest BCUT2D eigenvalue weighted by Crippen LogP contribution is -2.13. The maximum atomic E-state index is 12.5. The second-order valence-corrected chi connectivity index (χ2v) is 7.85. The molecule has 4 rings (SSSR count). The van der Waals surface area contributed by atoms with Gasteiger partial charge in [0.1, 0.15) is 10.7 Å². The molecule has 1 N–H and O–H groups in total. The molecule has 3 aromatic heterocycles. The number of carbonyl (C=O) groups is 1. The number of benzene rings is 1. The molecule has 29 heavy (non-hydrogen) atoms. The summed E-state index contributed by atoms with van der Waals surface area (Å²) in [6.07, 6.45) is 3.56. The van der Waals surface area contributed by atoms with E-state index in [1.165, 1.54) is 16.9 Å². The van der Waals surface area contributed by atoms with Gasteiger partial charge in [0.2, 0.25) is 0 Å². The standard InChI is InChI=1S/C22H21N5OS/c1-15(2)16-6-8-17(9-7-16)22-24-19(14-29-22)21(28)25-20-10-12-27(26-20)13-18-5-3-4-11-23-18/h3-12,14-15H,13H2,1-2H3,(H,25,26,28). The largest absolute Gasteiger partial charge is 0.304 e. The lowest BCUT2D eigenvalue weighted by atomic mass is 10.0. The van der Waals surface area contributed by atoms with Crippen molar-refractivity contribution in [3.8, 4) is 10.6 Å². The van der Waals surface area contributed by atoms with Gasteiger partial charge < -0.3 is 5.32 Å². The number of anilines is 1. The van der Waals surface area contributed by atoms with E-state index in [-0.39, 0.29) is 5.91 Å². The predicted molar refractivity (Wildman–Crippen MR) is 115 cm³/mol. The Bertz CT molecular complexity index is 1100. The van der Waals surface area contributed by atoms with Crippen molar-refractivity contribution in [1.82, 2.24) is 19.7 Å².